The summed E-state index contributed by atoms with van der Waals surface area (Å²) in [6, 6.07) is 6.78. The maximum atomic E-state index is 12.4. The Morgan fingerprint density at radius 1 is 1.29 bits per heavy atom. The van der Waals surface area contributed by atoms with E-state index in [2.05, 4.69) is 29.7 Å². The zero-order valence-corrected chi connectivity index (χ0v) is 13.9. The summed E-state index contributed by atoms with van der Waals surface area (Å²) in [6.45, 7) is 1.50. The van der Waals surface area contributed by atoms with Crippen LogP contribution in [0.25, 0.3) is 6.08 Å². The lowest BCUT2D eigenvalue weighted by Gasteiger charge is -2.11. The van der Waals surface area contributed by atoms with E-state index in [0.717, 1.165) is 18.7 Å². The van der Waals surface area contributed by atoms with Crippen LogP contribution in [0.1, 0.15) is 22.7 Å². The molecule has 0 unspecified atom stereocenters. The molecular weight excluding hydrogens is 308 g/mol. The first-order valence-electron chi connectivity index (χ1n) is 7.83. The molecule has 7 nitrogen and oxygen atoms in total. The monoisotopic (exact) mass is 331 g/mol. The Balaban J connectivity index is 2.03. The van der Waals surface area contributed by atoms with Gasteiger partial charge in [0.05, 0.1) is 26.9 Å². The summed E-state index contributed by atoms with van der Waals surface area (Å²) in [5.41, 5.74) is 0.883. The number of furan rings is 1. The van der Waals surface area contributed by atoms with Gasteiger partial charge in [0, 0.05) is 24.9 Å². The number of carbonyl (C=O) groups is 2. The van der Waals surface area contributed by atoms with Crippen molar-refractivity contribution in [2.24, 2.45) is 0 Å². The molecule has 2 heterocycles. The van der Waals surface area contributed by atoms with Crippen molar-refractivity contribution in [3.63, 3.8) is 0 Å². The molecule has 2 amide bonds. The Morgan fingerprint density at radius 3 is 2.75 bits per heavy atom. The van der Waals surface area contributed by atoms with Gasteiger partial charge in [-0.2, -0.15) is 0 Å². The standard InChI is InChI=1S/C17H22N4O3/c1-21(2)10-5-9-19-16(22)14(12-13-6-3-8-18-13)20-17(23)15-7-4-11-24-15/h3-4,6-8,11-12,18H,5,9-10H2,1-2H3,(H,19,22)(H,20,23)/p+1/b14-12-. The highest BCUT2D eigenvalue weighted by Crippen LogP contribution is 2.05. The van der Waals surface area contributed by atoms with Crippen molar-refractivity contribution in [3.8, 4) is 0 Å². The summed E-state index contributed by atoms with van der Waals surface area (Å²) in [7, 11) is 4.12. The van der Waals surface area contributed by atoms with E-state index in [1.165, 1.54) is 11.2 Å². The predicted octanol–water partition coefficient (Wildman–Crippen LogP) is 0.0294. The second-order valence-corrected chi connectivity index (χ2v) is 5.68. The highest BCUT2D eigenvalue weighted by Gasteiger charge is 2.16. The first kappa shape index (κ1) is 17.6. The summed E-state index contributed by atoms with van der Waals surface area (Å²) in [4.78, 5) is 28.8. The van der Waals surface area contributed by atoms with Crippen molar-refractivity contribution in [1.29, 1.82) is 0 Å². The molecule has 0 aromatic carbocycles. The van der Waals surface area contributed by atoms with Crippen LogP contribution in [-0.2, 0) is 4.79 Å². The number of H-pyrrole nitrogens is 1. The van der Waals surface area contributed by atoms with Crippen molar-refractivity contribution < 1.29 is 18.9 Å². The molecule has 0 radical (unpaired) electrons. The Labute approximate surface area is 140 Å². The van der Waals surface area contributed by atoms with Crippen molar-refractivity contribution >= 4 is 17.9 Å². The number of carbonyl (C=O) groups excluding carboxylic acids is 2. The molecule has 2 aromatic heterocycles. The number of hydrogen-bond donors (Lipinski definition) is 4. The largest absolute Gasteiger partial charge is 0.459 e. The van der Waals surface area contributed by atoms with Crippen LogP contribution in [-0.4, -0.2) is 44.0 Å². The van der Waals surface area contributed by atoms with E-state index in [1.54, 1.807) is 24.4 Å². The van der Waals surface area contributed by atoms with Gasteiger partial charge >= 0.3 is 0 Å². The molecule has 24 heavy (non-hydrogen) atoms. The van der Waals surface area contributed by atoms with Gasteiger partial charge in [0.15, 0.2) is 5.76 Å². The van der Waals surface area contributed by atoms with Crippen molar-refractivity contribution in [1.82, 2.24) is 15.6 Å². The molecule has 0 saturated heterocycles. The van der Waals surface area contributed by atoms with Crippen LogP contribution < -0.4 is 15.5 Å². The van der Waals surface area contributed by atoms with Crippen molar-refractivity contribution in [2.75, 3.05) is 27.2 Å². The number of amides is 2. The third-order valence-electron chi connectivity index (χ3n) is 3.30. The fourth-order valence-electron chi connectivity index (χ4n) is 2.08. The zero-order chi connectivity index (χ0) is 17.4. The molecule has 4 N–H and O–H groups in total. The molecule has 0 spiro atoms. The minimum Gasteiger partial charge on any atom is -0.459 e. The minimum absolute atomic E-state index is 0.149. The summed E-state index contributed by atoms with van der Waals surface area (Å²) in [5.74, 6) is -0.652. The summed E-state index contributed by atoms with van der Waals surface area (Å²) < 4.78 is 5.05. The van der Waals surface area contributed by atoms with Gasteiger partial charge in [0.1, 0.15) is 5.70 Å². The molecule has 0 aliphatic rings. The van der Waals surface area contributed by atoms with E-state index >= 15 is 0 Å². The normalized spacial score (nSPS) is 11.5. The lowest BCUT2D eigenvalue weighted by molar-refractivity contribution is -0.858. The molecule has 0 aliphatic carbocycles. The summed E-state index contributed by atoms with van der Waals surface area (Å²) in [5, 5.41) is 5.42. The van der Waals surface area contributed by atoms with E-state index in [0.29, 0.717) is 6.54 Å². The van der Waals surface area contributed by atoms with Gasteiger partial charge < -0.3 is 24.9 Å². The third kappa shape index (κ3) is 5.44. The molecule has 0 bridgehead atoms. The van der Waals surface area contributed by atoms with Crippen LogP contribution in [0.5, 0.6) is 0 Å². The van der Waals surface area contributed by atoms with Crippen LogP contribution in [0.4, 0.5) is 0 Å². The number of hydrogen-bond acceptors (Lipinski definition) is 3. The van der Waals surface area contributed by atoms with Gasteiger partial charge in [-0.1, -0.05) is 0 Å². The van der Waals surface area contributed by atoms with Gasteiger partial charge in [-0.3, -0.25) is 9.59 Å². The SMILES string of the molecule is C[NH+](C)CCCNC(=O)/C(=C/c1ccc[nH]1)NC(=O)c1ccco1. The molecule has 0 fully saturated rings. The lowest BCUT2D eigenvalue weighted by Crippen LogP contribution is -3.05. The Morgan fingerprint density at radius 2 is 2.12 bits per heavy atom. The van der Waals surface area contributed by atoms with E-state index < -0.39 is 5.91 Å². The number of aromatic amines is 1. The first-order valence-corrected chi connectivity index (χ1v) is 7.83. The Kier molecular flexibility index (Phi) is 6.39. The summed E-state index contributed by atoms with van der Waals surface area (Å²) >= 11 is 0. The maximum Gasteiger partial charge on any atom is 0.291 e. The van der Waals surface area contributed by atoms with Crippen LogP contribution in [0.2, 0.25) is 0 Å². The van der Waals surface area contributed by atoms with Crippen LogP contribution in [0.15, 0.2) is 46.8 Å². The zero-order valence-electron chi connectivity index (χ0n) is 13.9. The van der Waals surface area contributed by atoms with E-state index in [9.17, 15) is 9.59 Å². The third-order valence-corrected chi connectivity index (χ3v) is 3.30. The number of aromatic nitrogens is 1. The van der Waals surface area contributed by atoms with Crippen LogP contribution >= 0.6 is 0 Å². The second-order valence-electron chi connectivity index (χ2n) is 5.68. The topological polar surface area (TPSA) is 91.6 Å². The van der Waals surface area contributed by atoms with Gasteiger partial charge in [-0.05, 0) is 30.3 Å². The van der Waals surface area contributed by atoms with Crippen molar-refractivity contribution in [3.05, 3.63) is 53.9 Å². The highest BCUT2D eigenvalue weighted by atomic mass is 16.3. The molecule has 7 heteroatoms. The van der Waals surface area contributed by atoms with Crippen LogP contribution in [0, 0.1) is 0 Å². The number of nitrogens with one attached hydrogen (secondary N) is 4. The highest BCUT2D eigenvalue weighted by molar-refractivity contribution is 6.04. The minimum atomic E-state index is -0.467. The molecule has 0 aliphatic heterocycles. The van der Waals surface area contributed by atoms with Gasteiger partial charge in [-0.25, -0.2) is 0 Å². The second kappa shape index (κ2) is 8.73. The molecular formula is C17H23N4O3+. The fraction of sp³-hybridized carbons (Fsp3) is 0.294. The number of quaternary nitrogens is 1. The van der Waals surface area contributed by atoms with E-state index in [4.69, 9.17) is 4.42 Å². The molecule has 128 valence electrons. The van der Waals surface area contributed by atoms with Gasteiger partial charge in [0.25, 0.3) is 11.8 Å². The maximum absolute atomic E-state index is 12.4. The fourth-order valence-corrected chi connectivity index (χ4v) is 2.08. The Bertz CT molecular complexity index is 673. The molecule has 2 rings (SSSR count). The average molecular weight is 331 g/mol. The molecule has 2 aromatic rings. The smallest absolute Gasteiger partial charge is 0.291 e. The summed E-state index contributed by atoms with van der Waals surface area (Å²) in [6.07, 6.45) is 5.60. The quantitative estimate of drug-likeness (QED) is 0.406. The average Bonchev–Trinajstić information content (AvgIpc) is 3.23. The number of rotatable bonds is 8. The first-order chi connectivity index (χ1) is 11.6. The lowest BCUT2D eigenvalue weighted by atomic mass is 10.2. The van der Waals surface area contributed by atoms with Crippen LogP contribution in [0.3, 0.4) is 0 Å². The molecule has 0 atom stereocenters. The molecule has 0 saturated carbocycles. The van der Waals surface area contributed by atoms with Gasteiger partial charge in [0.2, 0.25) is 0 Å². The predicted molar refractivity (Wildman–Crippen MR) is 90.2 cm³/mol. The van der Waals surface area contributed by atoms with E-state index in [-0.39, 0.29) is 17.4 Å². The van der Waals surface area contributed by atoms with Gasteiger partial charge in [-0.15, -0.1) is 0 Å². The van der Waals surface area contributed by atoms with E-state index in [1.807, 2.05) is 12.1 Å². The van der Waals surface area contributed by atoms with Crippen molar-refractivity contribution in [2.45, 2.75) is 6.42 Å². The Hall–Kier alpha value is -2.80.